The standard InChI is InChI=1S/C18H13N3O5/c1-11-16(9-12-2-7-17(23)13(8-12)10-22)18(24)20(19-11)14-3-5-15(6-4-14)21(25)26/h2-10,23H,1H3. The summed E-state index contributed by atoms with van der Waals surface area (Å²) in [7, 11) is 0. The number of aromatic hydroxyl groups is 1. The molecule has 1 amide bonds. The van der Waals surface area contributed by atoms with Crippen LogP contribution in [0, 0.1) is 10.1 Å². The number of rotatable bonds is 4. The Balaban J connectivity index is 1.92. The second kappa shape index (κ2) is 6.60. The number of phenolic OH excluding ortho intramolecular Hbond substituents is 1. The predicted octanol–water partition coefficient (Wildman–Crippen LogP) is 2.92. The average molecular weight is 351 g/mol. The van der Waals surface area contributed by atoms with Gasteiger partial charge < -0.3 is 5.11 Å². The largest absolute Gasteiger partial charge is 0.507 e. The summed E-state index contributed by atoms with van der Waals surface area (Å²) >= 11 is 0. The molecule has 1 N–H and O–H groups in total. The van der Waals surface area contributed by atoms with Gasteiger partial charge in [-0.1, -0.05) is 6.07 Å². The second-order valence-electron chi connectivity index (χ2n) is 5.57. The van der Waals surface area contributed by atoms with Crippen molar-refractivity contribution >= 4 is 35.4 Å². The minimum atomic E-state index is -0.523. The first-order chi connectivity index (χ1) is 12.4. The molecule has 0 atom stereocenters. The highest BCUT2D eigenvalue weighted by Crippen LogP contribution is 2.27. The number of amides is 1. The summed E-state index contributed by atoms with van der Waals surface area (Å²) in [5.74, 6) is -0.533. The van der Waals surface area contributed by atoms with Crippen molar-refractivity contribution in [2.24, 2.45) is 5.10 Å². The van der Waals surface area contributed by atoms with Gasteiger partial charge in [0.25, 0.3) is 11.6 Å². The monoisotopic (exact) mass is 351 g/mol. The van der Waals surface area contributed by atoms with E-state index in [0.717, 1.165) is 5.01 Å². The number of nitro benzene ring substituents is 1. The lowest BCUT2D eigenvalue weighted by Crippen LogP contribution is -2.21. The Morgan fingerprint density at radius 1 is 1.19 bits per heavy atom. The van der Waals surface area contributed by atoms with Gasteiger partial charge in [-0.3, -0.25) is 19.7 Å². The summed E-state index contributed by atoms with van der Waals surface area (Å²) in [6, 6.07) is 9.89. The summed E-state index contributed by atoms with van der Waals surface area (Å²) < 4.78 is 0. The van der Waals surface area contributed by atoms with Gasteiger partial charge >= 0.3 is 0 Å². The van der Waals surface area contributed by atoms with Gasteiger partial charge in [-0.15, -0.1) is 0 Å². The summed E-state index contributed by atoms with van der Waals surface area (Å²) in [6.45, 7) is 1.66. The van der Waals surface area contributed by atoms with E-state index in [1.807, 2.05) is 0 Å². The third-order valence-corrected chi connectivity index (χ3v) is 3.86. The predicted molar refractivity (Wildman–Crippen MR) is 95.2 cm³/mol. The van der Waals surface area contributed by atoms with E-state index in [-0.39, 0.29) is 17.0 Å². The van der Waals surface area contributed by atoms with E-state index >= 15 is 0 Å². The van der Waals surface area contributed by atoms with E-state index in [0.29, 0.717) is 28.8 Å². The molecule has 8 heteroatoms. The highest BCUT2D eigenvalue weighted by molar-refractivity contribution is 6.32. The van der Waals surface area contributed by atoms with Gasteiger partial charge in [0.05, 0.1) is 27.5 Å². The highest BCUT2D eigenvalue weighted by atomic mass is 16.6. The lowest BCUT2D eigenvalue weighted by atomic mass is 10.0. The van der Waals surface area contributed by atoms with Crippen LogP contribution < -0.4 is 5.01 Å². The summed E-state index contributed by atoms with van der Waals surface area (Å²) in [6.07, 6.45) is 2.09. The van der Waals surface area contributed by atoms with E-state index in [1.165, 1.54) is 36.4 Å². The number of aldehydes is 1. The van der Waals surface area contributed by atoms with Crippen LogP contribution in [0.1, 0.15) is 22.8 Å². The average Bonchev–Trinajstić information content (AvgIpc) is 2.91. The Kier molecular flexibility index (Phi) is 4.32. The Bertz CT molecular complexity index is 977. The Hall–Kier alpha value is -3.81. The smallest absolute Gasteiger partial charge is 0.280 e. The number of hydrazone groups is 1. The Morgan fingerprint density at radius 3 is 2.50 bits per heavy atom. The minimum Gasteiger partial charge on any atom is -0.507 e. The van der Waals surface area contributed by atoms with Crippen molar-refractivity contribution in [2.75, 3.05) is 5.01 Å². The molecule has 2 aromatic rings. The van der Waals surface area contributed by atoms with Crippen molar-refractivity contribution in [3.8, 4) is 5.75 Å². The maximum absolute atomic E-state index is 12.7. The zero-order chi connectivity index (χ0) is 18.8. The molecule has 0 bridgehead atoms. The summed E-state index contributed by atoms with van der Waals surface area (Å²) in [5.41, 5.74) is 1.80. The van der Waals surface area contributed by atoms with Gasteiger partial charge in [-0.25, -0.2) is 0 Å². The number of nitro groups is 1. The van der Waals surface area contributed by atoms with Crippen LogP contribution in [0.15, 0.2) is 53.1 Å². The number of phenols is 1. The van der Waals surface area contributed by atoms with Crippen LogP contribution in [0.5, 0.6) is 5.75 Å². The van der Waals surface area contributed by atoms with Gasteiger partial charge in [0.15, 0.2) is 6.29 Å². The minimum absolute atomic E-state index is 0.0812. The lowest BCUT2D eigenvalue weighted by molar-refractivity contribution is -0.384. The maximum atomic E-state index is 12.7. The summed E-state index contributed by atoms with van der Waals surface area (Å²) in [5, 5.41) is 25.6. The quantitative estimate of drug-likeness (QED) is 0.394. The molecule has 0 aliphatic carbocycles. The van der Waals surface area contributed by atoms with Crippen LogP contribution in [0.4, 0.5) is 11.4 Å². The molecule has 0 saturated carbocycles. The molecule has 1 heterocycles. The molecule has 8 nitrogen and oxygen atoms in total. The van der Waals surface area contributed by atoms with Crippen LogP contribution in [0.2, 0.25) is 0 Å². The van der Waals surface area contributed by atoms with Crippen LogP contribution in [-0.2, 0) is 4.79 Å². The van der Waals surface area contributed by atoms with E-state index in [4.69, 9.17) is 0 Å². The summed E-state index contributed by atoms with van der Waals surface area (Å²) in [4.78, 5) is 33.8. The zero-order valence-electron chi connectivity index (χ0n) is 13.6. The van der Waals surface area contributed by atoms with Crippen molar-refractivity contribution < 1.29 is 19.6 Å². The number of anilines is 1. The number of carbonyl (C=O) groups is 2. The number of nitrogens with zero attached hydrogens (tertiary/aromatic N) is 3. The first-order valence-electron chi connectivity index (χ1n) is 7.55. The third kappa shape index (κ3) is 3.07. The molecule has 130 valence electrons. The third-order valence-electron chi connectivity index (χ3n) is 3.86. The fraction of sp³-hybridized carbons (Fsp3) is 0.0556. The number of hydrogen-bond donors (Lipinski definition) is 1. The molecule has 0 radical (unpaired) electrons. The molecule has 0 saturated heterocycles. The SMILES string of the molecule is CC1=NN(c2ccc([N+](=O)[O-])cc2)C(=O)C1=Cc1ccc(O)c(C=O)c1. The molecule has 3 rings (SSSR count). The molecule has 0 unspecified atom stereocenters. The lowest BCUT2D eigenvalue weighted by Gasteiger charge is -2.11. The van der Waals surface area contributed by atoms with Crippen molar-refractivity contribution in [2.45, 2.75) is 6.92 Å². The van der Waals surface area contributed by atoms with Crippen LogP contribution >= 0.6 is 0 Å². The Labute approximate surface area is 147 Å². The molecule has 1 aliphatic rings. The van der Waals surface area contributed by atoms with E-state index in [9.17, 15) is 24.8 Å². The van der Waals surface area contributed by atoms with Crippen molar-refractivity contribution in [3.05, 3.63) is 69.3 Å². The molecule has 0 fully saturated rings. The van der Waals surface area contributed by atoms with Crippen LogP contribution in [-0.4, -0.2) is 27.9 Å². The molecule has 1 aliphatic heterocycles. The van der Waals surface area contributed by atoms with Gasteiger partial charge in [-0.05, 0) is 42.8 Å². The molecule has 0 spiro atoms. The fourth-order valence-electron chi connectivity index (χ4n) is 2.50. The molecule has 2 aromatic carbocycles. The first kappa shape index (κ1) is 17.0. The van der Waals surface area contributed by atoms with Gasteiger partial charge in [0.2, 0.25) is 0 Å². The highest BCUT2D eigenvalue weighted by Gasteiger charge is 2.29. The topological polar surface area (TPSA) is 113 Å². The van der Waals surface area contributed by atoms with E-state index in [1.54, 1.807) is 19.1 Å². The van der Waals surface area contributed by atoms with Crippen LogP contribution in [0.25, 0.3) is 6.08 Å². The van der Waals surface area contributed by atoms with Gasteiger partial charge in [0, 0.05) is 12.1 Å². The maximum Gasteiger partial charge on any atom is 0.280 e. The van der Waals surface area contributed by atoms with Crippen LogP contribution in [0.3, 0.4) is 0 Å². The molecular formula is C18H13N3O5. The number of benzene rings is 2. The first-order valence-corrected chi connectivity index (χ1v) is 7.55. The molecule has 0 aromatic heterocycles. The van der Waals surface area contributed by atoms with E-state index < -0.39 is 10.8 Å². The molecular weight excluding hydrogens is 338 g/mol. The van der Waals surface area contributed by atoms with Gasteiger partial charge in [-0.2, -0.15) is 10.1 Å². The number of carbonyl (C=O) groups excluding carboxylic acids is 2. The van der Waals surface area contributed by atoms with Crippen molar-refractivity contribution in [1.29, 1.82) is 0 Å². The van der Waals surface area contributed by atoms with Crippen molar-refractivity contribution in [3.63, 3.8) is 0 Å². The van der Waals surface area contributed by atoms with Gasteiger partial charge in [0.1, 0.15) is 5.75 Å². The van der Waals surface area contributed by atoms with E-state index in [2.05, 4.69) is 5.10 Å². The fourth-order valence-corrected chi connectivity index (χ4v) is 2.50. The second-order valence-corrected chi connectivity index (χ2v) is 5.57. The molecule has 26 heavy (non-hydrogen) atoms. The Morgan fingerprint density at radius 2 is 1.88 bits per heavy atom. The van der Waals surface area contributed by atoms with Crippen molar-refractivity contribution in [1.82, 2.24) is 0 Å². The normalized spacial score (nSPS) is 15.3. The number of non-ortho nitro benzene ring substituents is 1. The number of hydrogen-bond acceptors (Lipinski definition) is 6. The zero-order valence-corrected chi connectivity index (χ0v) is 13.6.